The monoisotopic (exact) mass is 340 g/mol. The predicted molar refractivity (Wildman–Crippen MR) is 91.1 cm³/mol. The summed E-state index contributed by atoms with van der Waals surface area (Å²) >= 11 is 6.23. The summed E-state index contributed by atoms with van der Waals surface area (Å²) < 4.78 is 10.3. The number of carbonyl (C=O) groups excluding carboxylic acids is 2. The van der Waals surface area contributed by atoms with Crippen LogP contribution in [0.25, 0.3) is 0 Å². The van der Waals surface area contributed by atoms with Crippen LogP contribution >= 0.6 is 11.6 Å². The SMILES string of the molecule is CCOC(=O)C(C)(C)CCC(=O)Cc1c(Cl)cc(C)cc1OC. The van der Waals surface area contributed by atoms with Gasteiger partial charge in [-0.25, -0.2) is 0 Å². The minimum atomic E-state index is -0.674. The largest absolute Gasteiger partial charge is 0.496 e. The van der Waals surface area contributed by atoms with Crippen LogP contribution in [-0.4, -0.2) is 25.5 Å². The fourth-order valence-corrected chi connectivity index (χ4v) is 2.59. The van der Waals surface area contributed by atoms with E-state index in [1.807, 2.05) is 19.1 Å². The fraction of sp³-hybridized carbons (Fsp3) is 0.556. The summed E-state index contributed by atoms with van der Waals surface area (Å²) in [7, 11) is 1.56. The molecule has 4 nitrogen and oxygen atoms in total. The average Bonchev–Trinajstić information content (AvgIpc) is 2.48. The zero-order valence-electron chi connectivity index (χ0n) is 14.5. The van der Waals surface area contributed by atoms with Crippen LogP contribution in [0.15, 0.2) is 12.1 Å². The number of ketones is 1. The molecule has 0 spiro atoms. The molecule has 128 valence electrons. The summed E-state index contributed by atoms with van der Waals surface area (Å²) in [5.41, 5.74) is 0.998. The summed E-state index contributed by atoms with van der Waals surface area (Å²) in [4.78, 5) is 24.1. The molecule has 0 saturated heterocycles. The van der Waals surface area contributed by atoms with Crippen LogP contribution in [0.3, 0.4) is 0 Å². The normalized spacial score (nSPS) is 11.2. The van der Waals surface area contributed by atoms with Gasteiger partial charge in [-0.05, 0) is 51.8 Å². The number of Topliss-reactive ketones (excluding diaryl/α,β-unsaturated/α-hetero) is 1. The molecule has 0 fully saturated rings. The van der Waals surface area contributed by atoms with Gasteiger partial charge in [-0.2, -0.15) is 0 Å². The van der Waals surface area contributed by atoms with Crippen molar-refractivity contribution >= 4 is 23.4 Å². The fourth-order valence-electron chi connectivity index (χ4n) is 2.26. The van der Waals surface area contributed by atoms with E-state index in [-0.39, 0.29) is 18.2 Å². The van der Waals surface area contributed by atoms with Crippen molar-refractivity contribution < 1.29 is 19.1 Å². The predicted octanol–water partition coefficient (Wildman–Crippen LogP) is 4.14. The zero-order valence-corrected chi connectivity index (χ0v) is 15.3. The maximum absolute atomic E-state index is 12.3. The maximum atomic E-state index is 12.3. The van der Waals surface area contributed by atoms with Gasteiger partial charge in [-0.15, -0.1) is 0 Å². The molecular formula is C18H25ClO4. The molecule has 1 aromatic carbocycles. The van der Waals surface area contributed by atoms with Gasteiger partial charge in [0.1, 0.15) is 11.5 Å². The average molecular weight is 341 g/mol. The number of esters is 1. The number of aryl methyl sites for hydroxylation is 1. The third kappa shape index (κ3) is 5.54. The maximum Gasteiger partial charge on any atom is 0.311 e. The van der Waals surface area contributed by atoms with Crippen LogP contribution in [0.1, 0.15) is 44.7 Å². The second kappa shape index (κ2) is 8.34. The van der Waals surface area contributed by atoms with E-state index < -0.39 is 5.41 Å². The summed E-state index contributed by atoms with van der Waals surface area (Å²) in [6.07, 6.45) is 0.927. The lowest BCUT2D eigenvalue weighted by Gasteiger charge is -2.21. The molecule has 0 unspecified atom stereocenters. The van der Waals surface area contributed by atoms with Gasteiger partial charge in [0.2, 0.25) is 0 Å². The molecular weight excluding hydrogens is 316 g/mol. The lowest BCUT2D eigenvalue weighted by molar-refractivity contribution is -0.153. The highest BCUT2D eigenvalue weighted by atomic mass is 35.5. The standard InChI is InChI=1S/C18H25ClO4/c1-6-23-17(21)18(3,4)8-7-13(20)11-14-15(19)9-12(2)10-16(14)22-5/h9-10H,6-8,11H2,1-5H3. The second-order valence-electron chi connectivity index (χ2n) is 6.25. The Hall–Kier alpha value is -1.55. The molecule has 0 aromatic heterocycles. The Morgan fingerprint density at radius 2 is 1.91 bits per heavy atom. The molecule has 0 amide bonds. The molecule has 0 aliphatic rings. The number of hydrogen-bond donors (Lipinski definition) is 0. The first-order valence-electron chi connectivity index (χ1n) is 7.73. The Balaban J connectivity index is 2.73. The van der Waals surface area contributed by atoms with Crippen LogP contribution in [0, 0.1) is 12.3 Å². The number of halogens is 1. The molecule has 0 radical (unpaired) electrons. The molecule has 23 heavy (non-hydrogen) atoms. The Morgan fingerprint density at radius 1 is 1.26 bits per heavy atom. The van der Waals surface area contributed by atoms with Gasteiger partial charge >= 0.3 is 5.97 Å². The summed E-state index contributed by atoms with van der Waals surface area (Å²) in [5.74, 6) is 0.359. The Morgan fingerprint density at radius 3 is 2.48 bits per heavy atom. The third-order valence-electron chi connectivity index (χ3n) is 3.75. The van der Waals surface area contributed by atoms with Crippen LogP contribution in [-0.2, 0) is 20.7 Å². The van der Waals surface area contributed by atoms with Gasteiger partial charge in [0.05, 0.1) is 19.1 Å². The lowest BCUT2D eigenvalue weighted by Crippen LogP contribution is -2.27. The van der Waals surface area contributed by atoms with Crippen molar-refractivity contribution in [1.82, 2.24) is 0 Å². The molecule has 0 atom stereocenters. The molecule has 0 aliphatic heterocycles. The number of methoxy groups -OCH3 is 1. The van der Waals surface area contributed by atoms with Crippen LogP contribution in [0.5, 0.6) is 5.75 Å². The minimum Gasteiger partial charge on any atom is -0.496 e. The van der Waals surface area contributed by atoms with E-state index in [9.17, 15) is 9.59 Å². The van der Waals surface area contributed by atoms with Crippen molar-refractivity contribution in [2.45, 2.75) is 47.0 Å². The highest BCUT2D eigenvalue weighted by Crippen LogP contribution is 2.30. The van der Waals surface area contributed by atoms with Crippen LogP contribution < -0.4 is 4.74 Å². The molecule has 0 aliphatic carbocycles. The van der Waals surface area contributed by atoms with Crippen LogP contribution in [0.2, 0.25) is 5.02 Å². The van der Waals surface area contributed by atoms with E-state index in [4.69, 9.17) is 21.1 Å². The lowest BCUT2D eigenvalue weighted by atomic mass is 9.86. The van der Waals surface area contributed by atoms with Gasteiger partial charge in [0, 0.05) is 23.4 Å². The molecule has 0 heterocycles. The minimum absolute atomic E-state index is 0.0198. The van der Waals surface area contributed by atoms with E-state index in [1.54, 1.807) is 27.9 Å². The Kier molecular flexibility index (Phi) is 7.07. The topological polar surface area (TPSA) is 52.6 Å². The van der Waals surface area contributed by atoms with Crippen molar-refractivity contribution in [2.75, 3.05) is 13.7 Å². The van der Waals surface area contributed by atoms with Crippen molar-refractivity contribution in [2.24, 2.45) is 5.41 Å². The smallest absolute Gasteiger partial charge is 0.311 e. The highest BCUT2D eigenvalue weighted by Gasteiger charge is 2.29. The Bertz CT molecular complexity index is 579. The number of rotatable bonds is 8. The van der Waals surface area contributed by atoms with Gasteiger partial charge in [0.25, 0.3) is 0 Å². The number of hydrogen-bond acceptors (Lipinski definition) is 4. The summed E-state index contributed by atoms with van der Waals surface area (Å²) in [5, 5.41) is 0.528. The first kappa shape index (κ1) is 19.5. The number of benzene rings is 1. The van der Waals surface area contributed by atoms with Crippen LogP contribution in [0.4, 0.5) is 0 Å². The molecule has 1 aromatic rings. The van der Waals surface area contributed by atoms with Crippen molar-refractivity contribution in [3.05, 3.63) is 28.3 Å². The van der Waals surface area contributed by atoms with Crippen molar-refractivity contribution in [1.29, 1.82) is 0 Å². The van der Waals surface area contributed by atoms with Gasteiger partial charge in [0.15, 0.2) is 0 Å². The first-order valence-corrected chi connectivity index (χ1v) is 8.11. The molecule has 5 heteroatoms. The van der Waals surface area contributed by atoms with E-state index >= 15 is 0 Å². The Labute approximate surface area is 143 Å². The number of ether oxygens (including phenoxy) is 2. The van der Waals surface area contributed by atoms with Gasteiger partial charge in [-0.3, -0.25) is 9.59 Å². The molecule has 1 rings (SSSR count). The van der Waals surface area contributed by atoms with Crippen molar-refractivity contribution in [3.8, 4) is 5.75 Å². The van der Waals surface area contributed by atoms with E-state index in [1.165, 1.54) is 0 Å². The van der Waals surface area contributed by atoms with E-state index in [2.05, 4.69) is 0 Å². The molecule has 0 bridgehead atoms. The van der Waals surface area contributed by atoms with Crippen molar-refractivity contribution in [3.63, 3.8) is 0 Å². The second-order valence-corrected chi connectivity index (χ2v) is 6.65. The van der Waals surface area contributed by atoms with E-state index in [0.29, 0.717) is 35.8 Å². The zero-order chi connectivity index (χ0) is 17.6. The summed E-state index contributed by atoms with van der Waals surface area (Å²) in [6.45, 7) is 7.61. The van der Waals surface area contributed by atoms with Gasteiger partial charge in [-0.1, -0.05) is 11.6 Å². The molecule has 0 saturated carbocycles. The van der Waals surface area contributed by atoms with Gasteiger partial charge < -0.3 is 9.47 Å². The molecule has 0 N–H and O–H groups in total. The van der Waals surface area contributed by atoms with E-state index in [0.717, 1.165) is 5.56 Å². The third-order valence-corrected chi connectivity index (χ3v) is 4.09. The summed E-state index contributed by atoms with van der Waals surface area (Å²) in [6, 6.07) is 3.67. The quantitative estimate of drug-likeness (QED) is 0.667. The number of carbonyl (C=O) groups is 2. The first-order chi connectivity index (χ1) is 10.7. The highest BCUT2D eigenvalue weighted by molar-refractivity contribution is 6.31.